The number of nitrogens with zero attached hydrogens (tertiary/aromatic N) is 1. The monoisotopic (exact) mass is 211 g/mol. The summed E-state index contributed by atoms with van der Waals surface area (Å²) >= 11 is 0. The van der Waals surface area contributed by atoms with Gasteiger partial charge in [-0.3, -0.25) is 0 Å². The minimum atomic E-state index is -0.414. The molecule has 3 heteroatoms. The Morgan fingerprint density at radius 2 is 2.13 bits per heavy atom. The minimum Gasteiger partial charge on any atom is -0.444 e. The molecule has 1 aliphatic rings. The van der Waals surface area contributed by atoms with Crippen molar-refractivity contribution in [2.24, 2.45) is 5.92 Å². The van der Waals surface area contributed by atoms with E-state index >= 15 is 0 Å². The van der Waals surface area contributed by atoms with E-state index in [1.807, 2.05) is 33.8 Å². The fourth-order valence-corrected chi connectivity index (χ4v) is 1.82. The van der Waals surface area contributed by atoms with Gasteiger partial charge in [0.25, 0.3) is 0 Å². The van der Waals surface area contributed by atoms with Crippen molar-refractivity contribution < 1.29 is 9.53 Å². The summed E-state index contributed by atoms with van der Waals surface area (Å²) in [5.74, 6) is 0.410. The Morgan fingerprint density at radius 3 is 2.53 bits per heavy atom. The second-order valence-corrected chi connectivity index (χ2v) is 5.21. The van der Waals surface area contributed by atoms with Crippen LogP contribution < -0.4 is 0 Å². The Labute approximate surface area is 92.1 Å². The number of amides is 1. The van der Waals surface area contributed by atoms with Crippen LogP contribution in [0.15, 0.2) is 12.7 Å². The first-order chi connectivity index (χ1) is 6.83. The molecule has 0 radical (unpaired) electrons. The molecule has 0 aromatic carbocycles. The molecule has 0 aliphatic carbocycles. The van der Waals surface area contributed by atoms with Gasteiger partial charge in [0.15, 0.2) is 0 Å². The summed E-state index contributed by atoms with van der Waals surface area (Å²) in [5, 5.41) is 0. The molecular formula is C12H21NO2. The predicted molar refractivity (Wildman–Crippen MR) is 60.7 cm³/mol. The number of carbonyl (C=O) groups excluding carboxylic acids is 1. The van der Waals surface area contributed by atoms with Gasteiger partial charge in [-0.15, -0.1) is 6.58 Å². The highest BCUT2D eigenvalue weighted by Gasteiger charge is 2.33. The largest absolute Gasteiger partial charge is 0.444 e. The van der Waals surface area contributed by atoms with Crippen molar-refractivity contribution in [1.29, 1.82) is 0 Å². The molecule has 0 N–H and O–H groups in total. The summed E-state index contributed by atoms with van der Waals surface area (Å²) in [5.41, 5.74) is -0.414. The molecule has 0 saturated carbocycles. The van der Waals surface area contributed by atoms with Crippen LogP contribution in [0.1, 0.15) is 34.1 Å². The highest BCUT2D eigenvalue weighted by molar-refractivity contribution is 5.69. The van der Waals surface area contributed by atoms with Gasteiger partial charge in [0.2, 0.25) is 0 Å². The Morgan fingerprint density at radius 1 is 1.53 bits per heavy atom. The van der Waals surface area contributed by atoms with Crippen LogP contribution in [0.5, 0.6) is 0 Å². The SMILES string of the molecule is C=CC1CC(C)N(C(=O)OC(C)(C)C)C1. The smallest absolute Gasteiger partial charge is 0.410 e. The van der Waals surface area contributed by atoms with Crippen molar-refractivity contribution in [2.45, 2.75) is 45.8 Å². The lowest BCUT2D eigenvalue weighted by atomic mass is 10.1. The second kappa shape index (κ2) is 4.25. The van der Waals surface area contributed by atoms with E-state index in [1.165, 1.54) is 0 Å². The average Bonchev–Trinajstić information content (AvgIpc) is 2.43. The highest BCUT2D eigenvalue weighted by Crippen LogP contribution is 2.25. The molecule has 1 amide bonds. The van der Waals surface area contributed by atoms with Gasteiger partial charge in [0.1, 0.15) is 5.60 Å². The van der Waals surface area contributed by atoms with Crippen molar-refractivity contribution in [1.82, 2.24) is 4.90 Å². The standard InChI is InChI=1S/C12H21NO2/c1-6-10-7-9(2)13(8-10)11(14)15-12(3,4)5/h6,9-10H,1,7-8H2,2-5H3. The summed E-state index contributed by atoms with van der Waals surface area (Å²) in [6, 6.07) is 0.253. The fraction of sp³-hybridized carbons (Fsp3) is 0.750. The van der Waals surface area contributed by atoms with E-state index in [2.05, 4.69) is 6.58 Å². The lowest BCUT2D eigenvalue weighted by Crippen LogP contribution is -2.38. The third-order valence-electron chi connectivity index (χ3n) is 2.57. The quantitative estimate of drug-likeness (QED) is 0.624. The van der Waals surface area contributed by atoms with Crippen LogP contribution in [-0.4, -0.2) is 29.2 Å². The summed E-state index contributed by atoms with van der Waals surface area (Å²) in [7, 11) is 0. The van der Waals surface area contributed by atoms with E-state index in [4.69, 9.17) is 4.74 Å². The van der Waals surface area contributed by atoms with Crippen LogP contribution in [0.4, 0.5) is 4.79 Å². The average molecular weight is 211 g/mol. The molecule has 15 heavy (non-hydrogen) atoms. The van der Waals surface area contributed by atoms with Crippen LogP contribution >= 0.6 is 0 Å². The van der Waals surface area contributed by atoms with E-state index in [0.29, 0.717) is 5.92 Å². The molecule has 2 atom stereocenters. The molecule has 1 saturated heterocycles. The van der Waals surface area contributed by atoms with Gasteiger partial charge in [-0.1, -0.05) is 6.08 Å². The zero-order valence-corrected chi connectivity index (χ0v) is 10.1. The molecule has 1 aliphatic heterocycles. The van der Waals surface area contributed by atoms with Gasteiger partial charge in [-0.05, 0) is 40.0 Å². The molecule has 1 fully saturated rings. The maximum absolute atomic E-state index is 11.8. The van der Waals surface area contributed by atoms with E-state index in [0.717, 1.165) is 13.0 Å². The highest BCUT2D eigenvalue weighted by atomic mass is 16.6. The lowest BCUT2D eigenvalue weighted by Gasteiger charge is -2.26. The van der Waals surface area contributed by atoms with Crippen LogP contribution in [0, 0.1) is 5.92 Å². The Kier molecular flexibility index (Phi) is 3.42. The summed E-state index contributed by atoms with van der Waals surface area (Å²) in [6.07, 6.45) is 2.70. The molecule has 86 valence electrons. The summed E-state index contributed by atoms with van der Waals surface area (Å²) in [4.78, 5) is 13.6. The first-order valence-corrected chi connectivity index (χ1v) is 5.45. The van der Waals surface area contributed by atoms with Gasteiger partial charge in [0, 0.05) is 12.6 Å². The van der Waals surface area contributed by atoms with Gasteiger partial charge in [-0.25, -0.2) is 4.79 Å². The number of ether oxygens (including phenoxy) is 1. The first-order valence-electron chi connectivity index (χ1n) is 5.45. The first kappa shape index (κ1) is 12.1. The summed E-state index contributed by atoms with van der Waals surface area (Å²) in [6.45, 7) is 12.2. The van der Waals surface area contributed by atoms with Crippen molar-refractivity contribution in [3.8, 4) is 0 Å². The van der Waals surface area contributed by atoms with Crippen LogP contribution in [0.25, 0.3) is 0 Å². The molecule has 2 unspecified atom stereocenters. The molecule has 0 aromatic rings. The number of hydrogen-bond donors (Lipinski definition) is 0. The van der Waals surface area contributed by atoms with Crippen molar-refractivity contribution in [3.63, 3.8) is 0 Å². The zero-order chi connectivity index (χ0) is 11.6. The molecular weight excluding hydrogens is 190 g/mol. The van der Waals surface area contributed by atoms with Crippen molar-refractivity contribution in [3.05, 3.63) is 12.7 Å². The lowest BCUT2D eigenvalue weighted by molar-refractivity contribution is 0.0236. The maximum Gasteiger partial charge on any atom is 0.410 e. The molecule has 3 nitrogen and oxygen atoms in total. The van der Waals surface area contributed by atoms with Gasteiger partial charge >= 0.3 is 6.09 Å². The number of carbonyl (C=O) groups is 1. The topological polar surface area (TPSA) is 29.5 Å². The van der Waals surface area contributed by atoms with Crippen molar-refractivity contribution >= 4 is 6.09 Å². The van der Waals surface area contributed by atoms with Crippen LogP contribution in [0.3, 0.4) is 0 Å². The number of hydrogen-bond acceptors (Lipinski definition) is 2. The summed E-state index contributed by atoms with van der Waals surface area (Å²) < 4.78 is 5.34. The second-order valence-electron chi connectivity index (χ2n) is 5.21. The van der Waals surface area contributed by atoms with Crippen LogP contribution in [0.2, 0.25) is 0 Å². The number of rotatable bonds is 1. The molecule has 0 spiro atoms. The minimum absolute atomic E-state index is 0.209. The Balaban J connectivity index is 2.57. The molecule has 1 heterocycles. The molecule has 1 rings (SSSR count). The van der Waals surface area contributed by atoms with Gasteiger partial charge in [-0.2, -0.15) is 0 Å². The van der Waals surface area contributed by atoms with E-state index in [1.54, 1.807) is 4.90 Å². The Hall–Kier alpha value is -0.990. The van der Waals surface area contributed by atoms with Crippen molar-refractivity contribution in [2.75, 3.05) is 6.54 Å². The van der Waals surface area contributed by atoms with E-state index in [-0.39, 0.29) is 12.1 Å². The Bertz CT molecular complexity index is 255. The predicted octanol–water partition coefficient (Wildman–Crippen LogP) is 2.82. The van der Waals surface area contributed by atoms with Gasteiger partial charge in [0.05, 0.1) is 0 Å². The number of likely N-dealkylation sites (tertiary alicyclic amines) is 1. The molecule has 0 aromatic heterocycles. The van der Waals surface area contributed by atoms with E-state index in [9.17, 15) is 4.79 Å². The van der Waals surface area contributed by atoms with Gasteiger partial charge < -0.3 is 9.64 Å². The zero-order valence-electron chi connectivity index (χ0n) is 10.1. The van der Waals surface area contributed by atoms with Crippen LogP contribution in [-0.2, 0) is 4.74 Å². The third-order valence-corrected chi connectivity index (χ3v) is 2.57. The normalized spacial score (nSPS) is 26.5. The third kappa shape index (κ3) is 3.26. The molecule has 0 bridgehead atoms. The van der Waals surface area contributed by atoms with E-state index < -0.39 is 5.60 Å². The maximum atomic E-state index is 11.8. The fourth-order valence-electron chi connectivity index (χ4n) is 1.82.